The lowest BCUT2D eigenvalue weighted by Gasteiger charge is -2.05. The fraction of sp³-hybridized carbons (Fsp3) is 0.111. The summed E-state index contributed by atoms with van der Waals surface area (Å²) in [6, 6.07) is 12.7. The van der Waals surface area contributed by atoms with Crippen LogP contribution in [0.3, 0.4) is 0 Å². The molecule has 0 aliphatic heterocycles. The summed E-state index contributed by atoms with van der Waals surface area (Å²) in [7, 11) is 1.67. The number of ether oxygens (including phenoxy) is 1. The molecule has 120 valence electrons. The Morgan fingerprint density at radius 1 is 1.25 bits per heavy atom. The molecular formula is C18H14N2O3S. The number of anilines is 2. The summed E-state index contributed by atoms with van der Waals surface area (Å²) in [4.78, 5) is 16.8. The molecule has 0 atom stereocenters. The van der Waals surface area contributed by atoms with Gasteiger partial charge in [-0.1, -0.05) is 0 Å². The van der Waals surface area contributed by atoms with Crippen molar-refractivity contribution in [2.24, 2.45) is 0 Å². The lowest BCUT2D eigenvalue weighted by atomic mass is 10.1. The Morgan fingerprint density at radius 3 is 2.75 bits per heavy atom. The number of methoxy groups -OCH3 is 1. The van der Waals surface area contributed by atoms with Crippen LogP contribution in [0.15, 0.2) is 42.5 Å². The molecule has 4 rings (SSSR count). The fourth-order valence-corrected chi connectivity index (χ4v) is 3.82. The van der Waals surface area contributed by atoms with Crippen molar-refractivity contribution in [1.82, 2.24) is 4.98 Å². The third-order valence-electron chi connectivity index (χ3n) is 4.00. The Kier molecular flexibility index (Phi) is 3.46. The van der Waals surface area contributed by atoms with E-state index in [0.717, 1.165) is 34.2 Å². The van der Waals surface area contributed by atoms with E-state index in [1.807, 2.05) is 12.1 Å². The minimum atomic E-state index is -0.929. The van der Waals surface area contributed by atoms with Crippen LogP contribution in [0.25, 0.3) is 11.3 Å². The third-order valence-corrected chi connectivity index (χ3v) is 4.97. The third kappa shape index (κ3) is 2.51. The van der Waals surface area contributed by atoms with Crippen LogP contribution in [0.2, 0.25) is 0 Å². The normalized spacial score (nSPS) is 11.7. The van der Waals surface area contributed by atoms with Crippen molar-refractivity contribution in [1.29, 1.82) is 0 Å². The highest BCUT2D eigenvalue weighted by Gasteiger charge is 2.23. The SMILES string of the molecule is COc1ccc2c(c1)Cc1sc(Nc3ccc(C(=O)O)cc3)nc1-2. The van der Waals surface area contributed by atoms with Crippen molar-refractivity contribution in [2.45, 2.75) is 6.42 Å². The van der Waals surface area contributed by atoms with Crippen LogP contribution < -0.4 is 10.1 Å². The molecule has 0 spiro atoms. The van der Waals surface area contributed by atoms with Crippen LogP contribution in [0.5, 0.6) is 5.75 Å². The van der Waals surface area contributed by atoms with Crippen LogP contribution in [0.4, 0.5) is 10.8 Å². The molecular weight excluding hydrogens is 324 g/mol. The predicted molar refractivity (Wildman–Crippen MR) is 93.6 cm³/mol. The molecule has 0 bridgehead atoms. The Morgan fingerprint density at radius 2 is 2.04 bits per heavy atom. The molecule has 2 aromatic carbocycles. The molecule has 0 amide bonds. The zero-order valence-corrected chi connectivity index (χ0v) is 13.7. The van der Waals surface area contributed by atoms with Gasteiger partial charge in [-0.05, 0) is 48.0 Å². The molecule has 24 heavy (non-hydrogen) atoms. The van der Waals surface area contributed by atoms with Crippen LogP contribution >= 0.6 is 11.3 Å². The molecule has 3 aromatic rings. The number of hydrogen-bond acceptors (Lipinski definition) is 5. The van der Waals surface area contributed by atoms with Gasteiger partial charge in [-0.15, -0.1) is 11.3 Å². The molecule has 0 unspecified atom stereocenters. The minimum Gasteiger partial charge on any atom is -0.497 e. The number of benzene rings is 2. The smallest absolute Gasteiger partial charge is 0.335 e. The number of aromatic carboxylic acids is 1. The number of rotatable bonds is 4. The first kappa shape index (κ1) is 14.7. The number of fused-ring (bicyclic) bond motifs is 3. The average Bonchev–Trinajstić information content (AvgIpc) is 3.11. The summed E-state index contributed by atoms with van der Waals surface area (Å²) in [5.41, 5.74) is 4.49. The largest absolute Gasteiger partial charge is 0.497 e. The molecule has 1 heterocycles. The minimum absolute atomic E-state index is 0.269. The highest BCUT2D eigenvalue weighted by atomic mass is 32.1. The van der Waals surface area contributed by atoms with E-state index in [4.69, 9.17) is 14.8 Å². The number of aromatic nitrogens is 1. The van der Waals surface area contributed by atoms with E-state index in [0.29, 0.717) is 0 Å². The summed E-state index contributed by atoms with van der Waals surface area (Å²) in [6.45, 7) is 0. The Hall–Kier alpha value is -2.86. The molecule has 1 aliphatic rings. The van der Waals surface area contributed by atoms with Gasteiger partial charge in [-0.2, -0.15) is 0 Å². The van der Waals surface area contributed by atoms with Crippen molar-refractivity contribution in [2.75, 3.05) is 12.4 Å². The van der Waals surface area contributed by atoms with E-state index in [1.165, 1.54) is 10.4 Å². The number of carboxylic acids is 1. The van der Waals surface area contributed by atoms with Gasteiger partial charge in [0.25, 0.3) is 0 Å². The first-order valence-electron chi connectivity index (χ1n) is 7.41. The number of nitrogens with zero attached hydrogens (tertiary/aromatic N) is 1. The first-order chi connectivity index (χ1) is 11.6. The zero-order valence-electron chi connectivity index (χ0n) is 12.9. The quantitative estimate of drug-likeness (QED) is 0.584. The van der Waals surface area contributed by atoms with Crippen molar-refractivity contribution >= 4 is 28.1 Å². The first-order valence-corrected chi connectivity index (χ1v) is 8.23. The average molecular weight is 338 g/mol. The fourth-order valence-electron chi connectivity index (χ4n) is 2.80. The summed E-state index contributed by atoms with van der Waals surface area (Å²) in [5, 5.41) is 13.0. The molecule has 0 saturated heterocycles. The van der Waals surface area contributed by atoms with Gasteiger partial charge in [-0.3, -0.25) is 0 Å². The van der Waals surface area contributed by atoms with E-state index in [-0.39, 0.29) is 5.56 Å². The van der Waals surface area contributed by atoms with Crippen molar-refractivity contribution in [3.05, 3.63) is 58.5 Å². The zero-order chi connectivity index (χ0) is 16.7. The molecule has 0 saturated carbocycles. The van der Waals surface area contributed by atoms with Gasteiger partial charge in [0.05, 0.1) is 18.4 Å². The van der Waals surface area contributed by atoms with Crippen LogP contribution in [-0.2, 0) is 6.42 Å². The Balaban J connectivity index is 1.58. The van der Waals surface area contributed by atoms with Gasteiger partial charge in [0.2, 0.25) is 0 Å². The molecule has 0 fully saturated rings. The van der Waals surface area contributed by atoms with Gasteiger partial charge < -0.3 is 15.2 Å². The second-order valence-corrected chi connectivity index (χ2v) is 6.58. The molecule has 1 aromatic heterocycles. The highest BCUT2D eigenvalue weighted by molar-refractivity contribution is 7.16. The number of nitrogens with one attached hydrogen (secondary N) is 1. The summed E-state index contributed by atoms with van der Waals surface area (Å²) in [5.74, 6) is -0.0671. The molecule has 0 radical (unpaired) electrons. The second-order valence-electron chi connectivity index (χ2n) is 5.50. The molecule has 1 aliphatic carbocycles. The second kappa shape index (κ2) is 5.65. The van der Waals surface area contributed by atoms with Crippen LogP contribution in [-0.4, -0.2) is 23.2 Å². The molecule has 2 N–H and O–H groups in total. The van der Waals surface area contributed by atoms with Crippen LogP contribution in [0, 0.1) is 0 Å². The van der Waals surface area contributed by atoms with E-state index >= 15 is 0 Å². The van der Waals surface area contributed by atoms with Gasteiger partial charge in [-0.25, -0.2) is 9.78 Å². The molecule has 5 nitrogen and oxygen atoms in total. The van der Waals surface area contributed by atoms with Gasteiger partial charge in [0, 0.05) is 22.5 Å². The van der Waals surface area contributed by atoms with E-state index in [2.05, 4.69) is 11.4 Å². The summed E-state index contributed by atoms with van der Waals surface area (Å²) < 4.78 is 5.27. The summed E-state index contributed by atoms with van der Waals surface area (Å²) in [6.07, 6.45) is 0.860. The maximum absolute atomic E-state index is 10.9. The number of hydrogen-bond donors (Lipinski definition) is 2. The number of thiazole rings is 1. The lowest BCUT2D eigenvalue weighted by Crippen LogP contribution is -1.96. The van der Waals surface area contributed by atoms with Crippen molar-refractivity contribution in [3.8, 4) is 17.0 Å². The number of carboxylic acid groups (broad SMARTS) is 1. The van der Waals surface area contributed by atoms with Crippen LogP contribution in [0.1, 0.15) is 20.8 Å². The Labute approximate surface area is 142 Å². The highest BCUT2D eigenvalue weighted by Crippen LogP contribution is 2.42. The Bertz CT molecular complexity index is 932. The van der Waals surface area contributed by atoms with Gasteiger partial charge in [0.1, 0.15) is 5.75 Å². The topological polar surface area (TPSA) is 71.5 Å². The van der Waals surface area contributed by atoms with Gasteiger partial charge in [0.15, 0.2) is 5.13 Å². The monoisotopic (exact) mass is 338 g/mol. The van der Waals surface area contributed by atoms with Crippen molar-refractivity contribution in [3.63, 3.8) is 0 Å². The maximum Gasteiger partial charge on any atom is 0.335 e. The maximum atomic E-state index is 10.9. The standard InChI is InChI=1S/C18H14N2O3S/c1-23-13-6-7-14-11(8-13)9-15-16(14)20-18(24-15)19-12-4-2-10(3-5-12)17(21)22/h2-8H,9H2,1H3,(H,19,20)(H,21,22). The van der Waals surface area contributed by atoms with E-state index in [1.54, 1.807) is 42.7 Å². The van der Waals surface area contributed by atoms with Gasteiger partial charge >= 0.3 is 5.97 Å². The lowest BCUT2D eigenvalue weighted by molar-refractivity contribution is 0.0697. The summed E-state index contributed by atoms with van der Waals surface area (Å²) >= 11 is 1.62. The van der Waals surface area contributed by atoms with Crippen molar-refractivity contribution < 1.29 is 14.6 Å². The number of carbonyl (C=O) groups is 1. The predicted octanol–water partition coefficient (Wildman–Crippen LogP) is 4.16. The molecule has 6 heteroatoms. The van der Waals surface area contributed by atoms with E-state index < -0.39 is 5.97 Å². The van der Waals surface area contributed by atoms with E-state index in [9.17, 15) is 4.79 Å².